The molecule has 102 valence electrons. The number of aromatic nitrogens is 2. The molecule has 0 aliphatic heterocycles. The van der Waals surface area contributed by atoms with Crippen LogP contribution >= 0.6 is 23.1 Å². The number of carbonyl (C=O) groups is 1. The molecular formula is C12H16N4OS2. The average Bonchev–Trinajstić information content (AvgIpc) is 2.72. The van der Waals surface area contributed by atoms with Gasteiger partial charge in [-0.2, -0.15) is 16.9 Å². The van der Waals surface area contributed by atoms with Crippen LogP contribution in [0.1, 0.15) is 20.9 Å². The van der Waals surface area contributed by atoms with E-state index in [4.69, 9.17) is 5.73 Å². The molecule has 2 aromatic rings. The van der Waals surface area contributed by atoms with Crippen molar-refractivity contribution in [3.8, 4) is 0 Å². The molecule has 2 aromatic heterocycles. The van der Waals surface area contributed by atoms with Gasteiger partial charge in [0, 0.05) is 17.7 Å². The first-order chi connectivity index (χ1) is 9.06. The van der Waals surface area contributed by atoms with Crippen LogP contribution in [-0.2, 0) is 0 Å². The molecule has 0 aromatic carbocycles. The number of aryl methyl sites for hydroxylation is 2. The molecule has 7 heteroatoms. The van der Waals surface area contributed by atoms with Gasteiger partial charge in [-0.15, -0.1) is 16.4 Å². The summed E-state index contributed by atoms with van der Waals surface area (Å²) < 4.78 is 0. The Balaban J connectivity index is 2.37. The average molecular weight is 296 g/mol. The summed E-state index contributed by atoms with van der Waals surface area (Å²) in [4.78, 5) is 13.3. The van der Waals surface area contributed by atoms with Gasteiger partial charge in [0.15, 0.2) is 0 Å². The van der Waals surface area contributed by atoms with Crippen molar-refractivity contribution < 1.29 is 4.79 Å². The summed E-state index contributed by atoms with van der Waals surface area (Å²) in [6, 6.07) is 0. The Bertz CT molecular complexity index is 624. The van der Waals surface area contributed by atoms with Gasteiger partial charge in [-0.05, 0) is 25.7 Å². The zero-order valence-corrected chi connectivity index (χ0v) is 12.7. The molecule has 0 saturated carbocycles. The van der Waals surface area contributed by atoms with E-state index in [-0.39, 0.29) is 5.91 Å². The number of anilines is 1. The highest BCUT2D eigenvalue weighted by molar-refractivity contribution is 7.98. The number of nitrogens with zero attached hydrogens (tertiary/aromatic N) is 2. The molecule has 0 bridgehead atoms. The summed E-state index contributed by atoms with van der Waals surface area (Å²) >= 11 is 2.98. The number of nitrogens with two attached hydrogens (primary N) is 1. The summed E-state index contributed by atoms with van der Waals surface area (Å²) in [5, 5.41) is 11.9. The number of thioether (sulfide) groups is 1. The minimum absolute atomic E-state index is 0.133. The van der Waals surface area contributed by atoms with Gasteiger partial charge in [0.25, 0.3) is 5.91 Å². The zero-order chi connectivity index (χ0) is 14.0. The molecule has 5 nitrogen and oxygen atoms in total. The molecule has 0 unspecified atom stereocenters. The lowest BCUT2D eigenvalue weighted by Gasteiger charge is -2.03. The first kappa shape index (κ1) is 14.1. The first-order valence-corrected chi connectivity index (χ1v) is 8.06. The maximum absolute atomic E-state index is 12.1. The lowest BCUT2D eigenvalue weighted by molar-refractivity contribution is 0.0961. The fraction of sp³-hybridized carbons (Fsp3) is 0.417. The summed E-state index contributed by atoms with van der Waals surface area (Å²) in [5.41, 5.74) is 8.43. The fourth-order valence-corrected chi connectivity index (χ4v) is 3.08. The standard InChI is InChI=1S/C12H16N4OS2/c1-6-7(2)15-16-12-8(6)9(13)10(19-12)11(17)14-4-5-18-3/h4-5,13H2,1-3H3,(H,14,17). The van der Waals surface area contributed by atoms with E-state index in [2.05, 4.69) is 15.5 Å². The van der Waals surface area contributed by atoms with E-state index in [1.165, 1.54) is 11.3 Å². The Hall–Kier alpha value is -1.34. The van der Waals surface area contributed by atoms with E-state index in [9.17, 15) is 4.79 Å². The van der Waals surface area contributed by atoms with Crippen molar-refractivity contribution in [2.75, 3.05) is 24.3 Å². The highest BCUT2D eigenvalue weighted by Gasteiger charge is 2.19. The predicted molar refractivity (Wildman–Crippen MR) is 82.0 cm³/mol. The third-order valence-electron chi connectivity index (χ3n) is 2.93. The van der Waals surface area contributed by atoms with Crippen molar-refractivity contribution in [3.05, 3.63) is 16.1 Å². The van der Waals surface area contributed by atoms with Crippen LogP contribution in [-0.4, -0.2) is 34.7 Å². The number of nitrogens with one attached hydrogen (secondary N) is 1. The quantitative estimate of drug-likeness (QED) is 0.843. The minimum Gasteiger partial charge on any atom is -0.397 e. The lowest BCUT2D eigenvalue weighted by atomic mass is 10.1. The summed E-state index contributed by atoms with van der Waals surface area (Å²) in [5.74, 6) is 0.751. The van der Waals surface area contributed by atoms with E-state index >= 15 is 0 Å². The van der Waals surface area contributed by atoms with Gasteiger partial charge in [-0.1, -0.05) is 0 Å². The topological polar surface area (TPSA) is 80.9 Å². The van der Waals surface area contributed by atoms with Crippen LogP contribution in [0.5, 0.6) is 0 Å². The van der Waals surface area contributed by atoms with Crippen LogP contribution in [0.25, 0.3) is 10.2 Å². The minimum atomic E-state index is -0.133. The van der Waals surface area contributed by atoms with Crippen molar-refractivity contribution in [2.45, 2.75) is 13.8 Å². The van der Waals surface area contributed by atoms with Crippen LogP contribution in [0.2, 0.25) is 0 Å². The first-order valence-electron chi connectivity index (χ1n) is 5.85. The predicted octanol–water partition coefficient (Wildman–Crippen LogP) is 1.98. The molecule has 3 N–H and O–H groups in total. The molecule has 0 radical (unpaired) electrons. The van der Waals surface area contributed by atoms with E-state index in [1.54, 1.807) is 11.8 Å². The van der Waals surface area contributed by atoms with E-state index in [0.29, 0.717) is 17.1 Å². The fourth-order valence-electron chi connectivity index (χ4n) is 1.76. The van der Waals surface area contributed by atoms with Gasteiger partial charge in [-0.25, -0.2) is 0 Å². The Morgan fingerprint density at radius 1 is 1.42 bits per heavy atom. The van der Waals surface area contributed by atoms with E-state index < -0.39 is 0 Å². The third kappa shape index (κ3) is 2.66. The molecule has 0 atom stereocenters. The number of fused-ring (bicyclic) bond motifs is 1. The van der Waals surface area contributed by atoms with Crippen LogP contribution < -0.4 is 11.1 Å². The number of hydrogen-bond acceptors (Lipinski definition) is 6. The Kier molecular flexibility index (Phi) is 4.26. The van der Waals surface area contributed by atoms with Crippen molar-refractivity contribution >= 4 is 44.9 Å². The molecule has 0 aliphatic carbocycles. The Morgan fingerprint density at radius 2 is 2.16 bits per heavy atom. The number of amides is 1. The molecule has 0 spiro atoms. The smallest absolute Gasteiger partial charge is 0.263 e. The number of carbonyl (C=O) groups excluding carboxylic acids is 1. The van der Waals surface area contributed by atoms with Gasteiger partial charge < -0.3 is 11.1 Å². The number of thiophene rings is 1. The summed E-state index contributed by atoms with van der Waals surface area (Å²) in [7, 11) is 0. The van der Waals surface area contributed by atoms with Crippen LogP contribution in [0, 0.1) is 13.8 Å². The zero-order valence-electron chi connectivity index (χ0n) is 11.1. The van der Waals surface area contributed by atoms with Gasteiger partial charge >= 0.3 is 0 Å². The second-order valence-corrected chi connectivity index (χ2v) is 6.17. The van der Waals surface area contributed by atoms with Gasteiger partial charge in [0.2, 0.25) is 0 Å². The molecule has 2 rings (SSSR count). The SMILES string of the molecule is CSCCNC(=O)c1sc2nnc(C)c(C)c2c1N. The highest BCUT2D eigenvalue weighted by atomic mass is 32.2. The van der Waals surface area contributed by atoms with Crippen LogP contribution in [0.3, 0.4) is 0 Å². The normalized spacial score (nSPS) is 10.9. The van der Waals surface area contributed by atoms with Crippen LogP contribution in [0.15, 0.2) is 0 Å². The number of hydrogen-bond donors (Lipinski definition) is 2. The molecule has 1 amide bonds. The monoisotopic (exact) mass is 296 g/mol. The Labute approximate surface area is 120 Å². The number of rotatable bonds is 4. The second kappa shape index (κ2) is 5.75. The number of nitrogen functional groups attached to an aromatic ring is 1. The molecular weight excluding hydrogens is 280 g/mol. The van der Waals surface area contributed by atoms with Crippen molar-refractivity contribution in [3.63, 3.8) is 0 Å². The van der Waals surface area contributed by atoms with E-state index in [1.807, 2.05) is 20.1 Å². The maximum Gasteiger partial charge on any atom is 0.263 e. The Morgan fingerprint density at radius 3 is 2.84 bits per heavy atom. The van der Waals surface area contributed by atoms with Crippen molar-refractivity contribution in [2.24, 2.45) is 0 Å². The van der Waals surface area contributed by atoms with Crippen LogP contribution in [0.4, 0.5) is 5.69 Å². The lowest BCUT2D eigenvalue weighted by Crippen LogP contribution is -2.25. The molecule has 0 fully saturated rings. The van der Waals surface area contributed by atoms with Gasteiger partial charge in [0.1, 0.15) is 9.71 Å². The third-order valence-corrected chi connectivity index (χ3v) is 4.63. The van der Waals surface area contributed by atoms with Gasteiger partial charge in [-0.3, -0.25) is 4.79 Å². The van der Waals surface area contributed by atoms with Gasteiger partial charge in [0.05, 0.1) is 11.4 Å². The van der Waals surface area contributed by atoms with Crippen molar-refractivity contribution in [1.29, 1.82) is 0 Å². The van der Waals surface area contributed by atoms with Crippen molar-refractivity contribution in [1.82, 2.24) is 15.5 Å². The maximum atomic E-state index is 12.1. The highest BCUT2D eigenvalue weighted by Crippen LogP contribution is 2.34. The second-order valence-electron chi connectivity index (χ2n) is 4.18. The molecule has 0 aliphatic rings. The summed E-state index contributed by atoms with van der Waals surface area (Å²) in [6.07, 6.45) is 2.00. The molecule has 0 saturated heterocycles. The molecule has 19 heavy (non-hydrogen) atoms. The molecule has 2 heterocycles. The van der Waals surface area contributed by atoms with E-state index in [0.717, 1.165) is 27.2 Å². The largest absolute Gasteiger partial charge is 0.397 e. The summed E-state index contributed by atoms with van der Waals surface area (Å²) in [6.45, 7) is 4.47.